The largest absolute Gasteiger partial charge is 0.363 e. The highest BCUT2D eigenvalue weighted by Gasteiger charge is 2.23. The highest BCUT2D eigenvalue weighted by atomic mass is 79.9. The van der Waals surface area contributed by atoms with Crippen molar-refractivity contribution in [3.63, 3.8) is 0 Å². The van der Waals surface area contributed by atoms with Gasteiger partial charge >= 0.3 is 0 Å². The predicted molar refractivity (Wildman–Crippen MR) is 111 cm³/mol. The summed E-state index contributed by atoms with van der Waals surface area (Å²) in [5.74, 6) is 1.17. The van der Waals surface area contributed by atoms with E-state index in [-0.39, 0.29) is 12.1 Å². The Morgan fingerprint density at radius 1 is 1.15 bits per heavy atom. The number of anilines is 2. The number of rotatable bonds is 4. The van der Waals surface area contributed by atoms with Gasteiger partial charge in [0.15, 0.2) is 0 Å². The third-order valence-electron chi connectivity index (χ3n) is 4.98. The molecule has 1 fully saturated rings. The summed E-state index contributed by atoms with van der Waals surface area (Å²) in [5.41, 5.74) is 2.18. The van der Waals surface area contributed by atoms with Gasteiger partial charge in [-0.05, 0) is 40.5 Å². The SMILES string of the molecule is O=C(CCC1N=Cc2ccccc2N1)N1CCN(c2ccc(Br)cn2)CC1. The van der Waals surface area contributed by atoms with Crippen LogP contribution in [0.25, 0.3) is 0 Å². The van der Waals surface area contributed by atoms with Crippen molar-refractivity contribution in [1.29, 1.82) is 0 Å². The Balaban J connectivity index is 1.25. The lowest BCUT2D eigenvalue weighted by Gasteiger charge is -2.35. The van der Waals surface area contributed by atoms with Crippen LogP contribution in [0.3, 0.4) is 0 Å². The molecule has 2 aliphatic heterocycles. The van der Waals surface area contributed by atoms with Crippen molar-refractivity contribution in [3.05, 3.63) is 52.6 Å². The van der Waals surface area contributed by atoms with E-state index in [1.54, 1.807) is 0 Å². The Kier molecular flexibility index (Phi) is 5.38. The van der Waals surface area contributed by atoms with Gasteiger partial charge in [-0.25, -0.2) is 4.98 Å². The molecule has 1 aromatic heterocycles. The zero-order valence-electron chi connectivity index (χ0n) is 15.0. The number of piperazine rings is 1. The second kappa shape index (κ2) is 8.08. The summed E-state index contributed by atoms with van der Waals surface area (Å²) in [6.07, 6.45) is 4.89. The summed E-state index contributed by atoms with van der Waals surface area (Å²) < 4.78 is 0.974. The van der Waals surface area contributed by atoms with Gasteiger partial charge in [-0.3, -0.25) is 9.79 Å². The number of nitrogens with one attached hydrogen (secondary N) is 1. The number of aliphatic imine (C=N–C) groups is 1. The third-order valence-corrected chi connectivity index (χ3v) is 5.45. The van der Waals surface area contributed by atoms with E-state index < -0.39 is 0 Å². The average Bonchev–Trinajstić information content (AvgIpc) is 2.72. The van der Waals surface area contributed by atoms with E-state index in [1.807, 2.05) is 53.7 Å². The van der Waals surface area contributed by atoms with E-state index in [0.29, 0.717) is 12.8 Å². The second-order valence-electron chi connectivity index (χ2n) is 6.77. The van der Waals surface area contributed by atoms with Gasteiger partial charge in [0.2, 0.25) is 5.91 Å². The molecule has 0 aliphatic carbocycles. The Morgan fingerprint density at radius 3 is 2.74 bits per heavy atom. The zero-order valence-corrected chi connectivity index (χ0v) is 16.6. The molecule has 1 amide bonds. The number of pyridine rings is 1. The van der Waals surface area contributed by atoms with Gasteiger partial charge in [0.25, 0.3) is 0 Å². The van der Waals surface area contributed by atoms with E-state index in [9.17, 15) is 4.79 Å². The van der Waals surface area contributed by atoms with E-state index >= 15 is 0 Å². The first kappa shape index (κ1) is 18.0. The molecule has 6 nitrogen and oxygen atoms in total. The zero-order chi connectivity index (χ0) is 18.6. The molecule has 2 aliphatic rings. The lowest BCUT2D eigenvalue weighted by atomic mass is 10.1. The maximum atomic E-state index is 12.6. The summed E-state index contributed by atoms with van der Waals surface area (Å²) in [6.45, 7) is 3.10. The van der Waals surface area contributed by atoms with Crippen LogP contribution in [-0.2, 0) is 4.79 Å². The number of hydrogen-bond acceptors (Lipinski definition) is 5. The monoisotopic (exact) mass is 427 g/mol. The van der Waals surface area contributed by atoms with Crippen LogP contribution in [-0.4, -0.2) is 54.4 Å². The topological polar surface area (TPSA) is 60.8 Å². The van der Waals surface area contributed by atoms with E-state index in [2.05, 4.69) is 36.1 Å². The summed E-state index contributed by atoms with van der Waals surface area (Å²) in [5, 5.41) is 3.40. The van der Waals surface area contributed by atoms with Crippen molar-refractivity contribution in [3.8, 4) is 0 Å². The molecule has 1 aromatic carbocycles. The summed E-state index contributed by atoms with van der Waals surface area (Å²) >= 11 is 3.41. The Morgan fingerprint density at radius 2 is 1.96 bits per heavy atom. The third kappa shape index (κ3) is 4.30. The van der Waals surface area contributed by atoms with Crippen molar-refractivity contribution in [2.45, 2.75) is 19.0 Å². The fraction of sp³-hybridized carbons (Fsp3) is 0.350. The van der Waals surface area contributed by atoms with Crippen molar-refractivity contribution < 1.29 is 4.79 Å². The molecule has 2 aromatic rings. The van der Waals surface area contributed by atoms with Crippen LogP contribution in [0.2, 0.25) is 0 Å². The van der Waals surface area contributed by atoms with Crippen LogP contribution < -0.4 is 10.2 Å². The molecule has 1 atom stereocenters. The van der Waals surface area contributed by atoms with E-state index in [1.165, 1.54) is 0 Å². The van der Waals surface area contributed by atoms with Gasteiger partial charge in [-0.1, -0.05) is 18.2 Å². The van der Waals surface area contributed by atoms with Crippen LogP contribution in [0.5, 0.6) is 0 Å². The van der Waals surface area contributed by atoms with Crippen molar-refractivity contribution >= 4 is 39.6 Å². The molecular formula is C20H22BrN5O. The standard InChI is InChI=1S/C20H22BrN5O/c21-16-5-7-19(23-14-16)25-9-11-26(12-10-25)20(27)8-6-18-22-13-15-3-1-2-4-17(15)24-18/h1-5,7,13-14,18,24H,6,8-12H2. The normalized spacial score (nSPS) is 18.8. The highest BCUT2D eigenvalue weighted by Crippen LogP contribution is 2.21. The second-order valence-corrected chi connectivity index (χ2v) is 7.68. The fourth-order valence-electron chi connectivity index (χ4n) is 3.43. The molecule has 1 saturated heterocycles. The number of nitrogens with zero attached hydrogens (tertiary/aromatic N) is 4. The van der Waals surface area contributed by atoms with Gasteiger partial charge < -0.3 is 15.1 Å². The molecule has 27 heavy (non-hydrogen) atoms. The van der Waals surface area contributed by atoms with Crippen molar-refractivity contribution in [1.82, 2.24) is 9.88 Å². The predicted octanol–water partition coefficient (Wildman–Crippen LogP) is 3.14. The summed E-state index contributed by atoms with van der Waals surface area (Å²) in [6, 6.07) is 12.1. The number of halogens is 1. The van der Waals surface area contributed by atoms with E-state index in [4.69, 9.17) is 0 Å². The minimum atomic E-state index is -0.0305. The van der Waals surface area contributed by atoms with Crippen LogP contribution >= 0.6 is 15.9 Å². The van der Waals surface area contributed by atoms with Gasteiger partial charge in [0.1, 0.15) is 12.0 Å². The smallest absolute Gasteiger partial charge is 0.222 e. The minimum absolute atomic E-state index is 0.0305. The number of fused-ring (bicyclic) bond motifs is 1. The number of carbonyl (C=O) groups excluding carboxylic acids is 1. The average molecular weight is 428 g/mol. The molecule has 4 rings (SSSR count). The Hall–Kier alpha value is -2.41. The lowest BCUT2D eigenvalue weighted by Crippen LogP contribution is -2.49. The van der Waals surface area contributed by atoms with Crippen LogP contribution in [0.1, 0.15) is 18.4 Å². The summed E-state index contributed by atoms with van der Waals surface area (Å²) in [7, 11) is 0. The first-order valence-electron chi connectivity index (χ1n) is 9.22. The molecule has 0 saturated carbocycles. The number of carbonyl (C=O) groups is 1. The van der Waals surface area contributed by atoms with E-state index in [0.717, 1.165) is 47.7 Å². The number of hydrogen-bond donors (Lipinski definition) is 1. The summed E-state index contributed by atoms with van der Waals surface area (Å²) in [4.78, 5) is 25.7. The lowest BCUT2D eigenvalue weighted by molar-refractivity contribution is -0.131. The Bertz CT molecular complexity index is 831. The number of amides is 1. The number of benzene rings is 1. The number of aromatic nitrogens is 1. The van der Waals surface area contributed by atoms with Gasteiger partial charge in [-0.2, -0.15) is 0 Å². The highest BCUT2D eigenvalue weighted by molar-refractivity contribution is 9.10. The fourth-order valence-corrected chi connectivity index (χ4v) is 3.67. The van der Waals surface area contributed by atoms with Gasteiger partial charge in [-0.15, -0.1) is 0 Å². The Labute approximate surface area is 167 Å². The van der Waals surface area contributed by atoms with Crippen molar-refractivity contribution in [2.75, 3.05) is 36.4 Å². The molecule has 0 radical (unpaired) electrons. The first-order valence-corrected chi connectivity index (χ1v) is 10.0. The molecule has 7 heteroatoms. The van der Waals surface area contributed by atoms with Gasteiger partial charge in [0, 0.05) is 60.7 Å². The first-order chi connectivity index (χ1) is 13.2. The van der Waals surface area contributed by atoms with Gasteiger partial charge in [0.05, 0.1) is 0 Å². The maximum Gasteiger partial charge on any atom is 0.222 e. The van der Waals surface area contributed by atoms with Crippen molar-refractivity contribution in [2.24, 2.45) is 4.99 Å². The molecule has 0 bridgehead atoms. The minimum Gasteiger partial charge on any atom is -0.363 e. The molecular weight excluding hydrogens is 406 g/mol. The molecule has 1 unspecified atom stereocenters. The maximum absolute atomic E-state index is 12.6. The number of para-hydroxylation sites is 1. The molecule has 3 heterocycles. The van der Waals surface area contributed by atoms with Crippen LogP contribution in [0.4, 0.5) is 11.5 Å². The quantitative estimate of drug-likeness (QED) is 0.813. The van der Waals surface area contributed by atoms with Crippen LogP contribution in [0.15, 0.2) is 52.1 Å². The molecule has 1 N–H and O–H groups in total. The van der Waals surface area contributed by atoms with Crippen LogP contribution in [0, 0.1) is 0 Å². The molecule has 0 spiro atoms. The molecule has 140 valence electrons.